The van der Waals surface area contributed by atoms with E-state index < -0.39 is 0 Å². The summed E-state index contributed by atoms with van der Waals surface area (Å²) in [7, 11) is 0. The maximum absolute atomic E-state index is 11.8. The summed E-state index contributed by atoms with van der Waals surface area (Å²) < 4.78 is 5.04. The van der Waals surface area contributed by atoms with Crippen molar-refractivity contribution in [1.82, 2.24) is 5.32 Å². The van der Waals surface area contributed by atoms with Crippen molar-refractivity contribution in [3.05, 3.63) is 52.4 Å². The van der Waals surface area contributed by atoms with Crippen LogP contribution in [-0.4, -0.2) is 24.2 Å². The molecule has 0 saturated carbocycles. The molecule has 1 aromatic heterocycles. The Labute approximate surface area is 145 Å². The maximum Gasteiger partial charge on any atom is 0.348 e. The lowest BCUT2D eigenvalue weighted by atomic mass is 10.1. The summed E-state index contributed by atoms with van der Waals surface area (Å²) in [4.78, 5) is 12.4. The second kappa shape index (κ2) is 8.64. The Kier molecular flexibility index (Phi) is 6.55. The molecule has 2 rings (SSSR count). The number of aryl methyl sites for hydroxylation is 1. The SMILES string of the molecule is CCOC(=O)c1sc(NC(=S)NCCc2ccccc2)cc1C. The number of hydrogen-bond donors (Lipinski definition) is 2. The van der Waals surface area contributed by atoms with Gasteiger partial charge in [-0.05, 0) is 49.7 Å². The van der Waals surface area contributed by atoms with Crippen LogP contribution in [0, 0.1) is 6.92 Å². The Hall–Kier alpha value is -1.92. The molecule has 1 heterocycles. The van der Waals surface area contributed by atoms with Crippen molar-refractivity contribution < 1.29 is 9.53 Å². The number of nitrogens with one attached hydrogen (secondary N) is 2. The highest BCUT2D eigenvalue weighted by atomic mass is 32.1. The summed E-state index contributed by atoms with van der Waals surface area (Å²) in [6.07, 6.45) is 0.903. The number of ether oxygens (including phenoxy) is 1. The summed E-state index contributed by atoms with van der Waals surface area (Å²) in [5.74, 6) is -0.286. The average Bonchev–Trinajstić information content (AvgIpc) is 2.89. The van der Waals surface area contributed by atoms with Crippen molar-refractivity contribution in [2.75, 3.05) is 18.5 Å². The van der Waals surface area contributed by atoms with E-state index in [2.05, 4.69) is 22.8 Å². The largest absolute Gasteiger partial charge is 0.462 e. The van der Waals surface area contributed by atoms with Gasteiger partial charge in [-0.3, -0.25) is 0 Å². The van der Waals surface area contributed by atoms with Crippen molar-refractivity contribution >= 4 is 39.6 Å². The molecule has 2 aromatic rings. The topological polar surface area (TPSA) is 50.4 Å². The van der Waals surface area contributed by atoms with Crippen LogP contribution in [0.4, 0.5) is 5.00 Å². The number of hydrogen-bond acceptors (Lipinski definition) is 4. The first kappa shape index (κ1) is 17.4. The number of thiophene rings is 1. The molecule has 0 spiro atoms. The molecule has 2 N–H and O–H groups in total. The normalized spacial score (nSPS) is 10.2. The Morgan fingerprint density at radius 2 is 2.04 bits per heavy atom. The predicted molar refractivity (Wildman–Crippen MR) is 99.4 cm³/mol. The molecule has 1 aromatic carbocycles. The zero-order valence-corrected chi connectivity index (χ0v) is 14.9. The number of rotatable bonds is 6. The molecule has 0 fully saturated rings. The highest BCUT2D eigenvalue weighted by molar-refractivity contribution is 7.80. The molecule has 0 aliphatic rings. The third-order valence-electron chi connectivity index (χ3n) is 3.16. The third kappa shape index (κ3) is 5.33. The average molecular weight is 348 g/mol. The van der Waals surface area contributed by atoms with Crippen molar-refractivity contribution in [2.45, 2.75) is 20.3 Å². The molecule has 6 heteroatoms. The van der Waals surface area contributed by atoms with Crippen molar-refractivity contribution in [3.63, 3.8) is 0 Å². The zero-order valence-electron chi connectivity index (χ0n) is 13.2. The standard InChI is InChI=1S/C17H20N2O2S2/c1-3-21-16(20)15-12(2)11-14(23-15)19-17(22)18-10-9-13-7-5-4-6-8-13/h4-8,11H,3,9-10H2,1-2H3,(H2,18,19,22). The summed E-state index contributed by atoms with van der Waals surface area (Å²) in [6.45, 7) is 4.81. The van der Waals surface area contributed by atoms with Crippen LogP contribution in [0.2, 0.25) is 0 Å². The first-order chi connectivity index (χ1) is 11.1. The molecule has 122 valence electrons. The number of thiocarbonyl (C=S) groups is 1. The molecule has 4 nitrogen and oxygen atoms in total. The quantitative estimate of drug-likeness (QED) is 0.615. The van der Waals surface area contributed by atoms with Gasteiger partial charge in [0, 0.05) is 6.54 Å². The van der Waals surface area contributed by atoms with Crippen LogP contribution in [0.15, 0.2) is 36.4 Å². The fourth-order valence-corrected chi connectivity index (χ4v) is 3.31. The fraction of sp³-hybridized carbons (Fsp3) is 0.294. The van der Waals surface area contributed by atoms with E-state index >= 15 is 0 Å². The van der Waals surface area contributed by atoms with Crippen molar-refractivity contribution in [3.8, 4) is 0 Å². The van der Waals surface area contributed by atoms with Crippen molar-refractivity contribution in [1.29, 1.82) is 0 Å². The second-order valence-electron chi connectivity index (χ2n) is 4.96. The van der Waals surface area contributed by atoms with Gasteiger partial charge in [-0.1, -0.05) is 30.3 Å². The van der Waals surface area contributed by atoms with Gasteiger partial charge in [-0.2, -0.15) is 0 Å². The molecule has 0 saturated heterocycles. The van der Waals surface area contributed by atoms with E-state index in [1.54, 1.807) is 6.92 Å². The summed E-state index contributed by atoms with van der Waals surface area (Å²) in [6, 6.07) is 12.1. The van der Waals surface area contributed by atoms with Gasteiger partial charge >= 0.3 is 5.97 Å². The number of carbonyl (C=O) groups is 1. The van der Waals surface area contributed by atoms with E-state index in [4.69, 9.17) is 17.0 Å². The lowest BCUT2D eigenvalue weighted by Gasteiger charge is -2.08. The van der Waals surface area contributed by atoms with Gasteiger partial charge in [0.25, 0.3) is 0 Å². The Morgan fingerprint density at radius 1 is 1.30 bits per heavy atom. The Balaban J connectivity index is 1.83. The second-order valence-corrected chi connectivity index (χ2v) is 6.42. The molecule has 0 atom stereocenters. The minimum atomic E-state index is -0.286. The first-order valence-corrected chi connectivity index (χ1v) is 8.69. The Bertz CT molecular complexity index is 668. The predicted octanol–water partition coefficient (Wildman–Crippen LogP) is 3.76. The van der Waals surface area contributed by atoms with Gasteiger partial charge in [0.2, 0.25) is 0 Å². The minimum absolute atomic E-state index is 0.286. The lowest BCUT2D eigenvalue weighted by molar-refractivity contribution is 0.0531. The van der Waals surface area contributed by atoms with Crippen LogP contribution in [-0.2, 0) is 11.2 Å². The van der Waals surface area contributed by atoms with Crippen LogP contribution in [0.25, 0.3) is 0 Å². The van der Waals surface area contributed by atoms with Crippen LogP contribution in [0.3, 0.4) is 0 Å². The number of carbonyl (C=O) groups excluding carboxylic acids is 1. The molecule has 0 unspecified atom stereocenters. The molecular formula is C17H20N2O2S2. The van der Waals surface area contributed by atoms with E-state index in [1.807, 2.05) is 31.2 Å². The zero-order chi connectivity index (χ0) is 16.7. The van der Waals surface area contributed by atoms with Crippen LogP contribution in [0.5, 0.6) is 0 Å². The minimum Gasteiger partial charge on any atom is -0.462 e. The van der Waals surface area contributed by atoms with Gasteiger partial charge in [0.1, 0.15) is 4.88 Å². The molecule has 0 aliphatic heterocycles. The molecule has 23 heavy (non-hydrogen) atoms. The van der Waals surface area contributed by atoms with E-state index in [1.165, 1.54) is 16.9 Å². The smallest absolute Gasteiger partial charge is 0.348 e. The number of anilines is 1. The highest BCUT2D eigenvalue weighted by Crippen LogP contribution is 2.27. The molecule has 0 bridgehead atoms. The number of benzene rings is 1. The maximum atomic E-state index is 11.8. The van der Waals surface area contributed by atoms with E-state index in [-0.39, 0.29) is 5.97 Å². The van der Waals surface area contributed by atoms with Gasteiger partial charge in [0.15, 0.2) is 5.11 Å². The highest BCUT2D eigenvalue weighted by Gasteiger charge is 2.15. The summed E-state index contributed by atoms with van der Waals surface area (Å²) >= 11 is 6.64. The number of esters is 1. The van der Waals surface area contributed by atoms with Crippen molar-refractivity contribution in [2.24, 2.45) is 0 Å². The Morgan fingerprint density at radius 3 is 2.74 bits per heavy atom. The molecule has 0 amide bonds. The van der Waals surface area contributed by atoms with Crippen LogP contribution >= 0.6 is 23.6 Å². The van der Waals surface area contributed by atoms with Crippen LogP contribution < -0.4 is 10.6 Å². The molecule has 0 aliphatic carbocycles. The van der Waals surface area contributed by atoms with Gasteiger partial charge in [-0.25, -0.2) is 4.79 Å². The molecular weight excluding hydrogens is 328 g/mol. The fourth-order valence-electron chi connectivity index (χ4n) is 2.06. The van der Waals surface area contributed by atoms with E-state index in [0.717, 1.165) is 23.5 Å². The van der Waals surface area contributed by atoms with Gasteiger partial charge < -0.3 is 15.4 Å². The first-order valence-electron chi connectivity index (χ1n) is 7.46. The van der Waals surface area contributed by atoms with E-state index in [9.17, 15) is 4.79 Å². The summed E-state index contributed by atoms with van der Waals surface area (Å²) in [5, 5.41) is 7.68. The summed E-state index contributed by atoms with van der Waals surface area (Å²) in [5.41, 5.74) is 2.16. The van der Waals surface area contributed by atoms with Crippen LogP contribution in [0.1, 0.15) is 27.7 Å². The van der Waals surface area contributed by atoms with E-state index in [0.29, 0.717) is 16.6 Å². The van der Waals surface area contributed by atoms with Gasteiger partial charge in [-0.15, -0.1) is 11.3 Å². The lowest BCUT2D eigenvalue weighted by Crippen LogP contribution is -2.29. The monoisotopic (exact) mass is 348 g/mol. The third-order valence-corrected chi connectivity index (χ3v) is 4.54. The molecule has 0 radical (unpaired) electrons. The van der Waals surface area contributed by atoms with Gasteiger partial charge in [0.05, 0.1) is 11.6 Å².